The highest BCUT2D eigenvalue weighted by atomic mass is 16.5. The molecule has 0 spiro atoms. The highest BCUT2D eigenvalue weighted by Crippen LogP contribution is 2.29. The second-order valence-electron chi connectivity index (χ2n) is 9.43. The molecule has 2 aromatic carbocycles. The zero-order valence-electron chi connectivity index (χ0n) is 21.5. The van der Waals surface area contributed by atoms with Crippen LogP contribution in [0, 0.1) is 5.92 Å². The van der Waals surface area contributed by atoms with Crippen molar-refractivity contribution in [3.05, 3.63) is 59.7 Å². The lowest BCUT2D eigenvalue weighted by Gasteiger charge is -2.20. The molecule has 6 heteroatoms. The van der Waals surface area contributed by atoms with Crippen molar-refractivity contribution in [2.45, 2.75) is 84.6 Å². The van der Waals surface area contributed by atoms with Crippen LogP contribution in [0.5, 0.6) is 11.5 Å². The summed E-state index contributed by atoms with van der Waals surface area (Å²) < 4.78 is 12.2. The summed E-state index contributed by atoms with van der Waals surface area (Å²) in [5.41, 5.74) is 1.43. The van der Waals surface area contributed by atoms with Crippen molar-refractivity contribution >= 4 is 18.9 Å². The van der Waals surface area contributed by atoms with Crippen molar-refractivity contribution in [1.29, 1.82) is 0 Å². The fourth-order valence-corrected chi connectivity index (χ4v) is 3.82. The van der Waals surface area contributed by atoms with Crippen LogP contribution < -0.4 is 9.47 Å². The van der Waals surface area contributed by atoms with E-state index in [1.165, 1.54) is 20.1 Å². The predicted molar refractivity (Wildman–Crippen MR) is 142 cm³/mol. The molecule has 0 aromatic heterocycles. The fourth-order valence-electron chi connectivity index (χ4n) is 3.82. The maximum absolute atomic E-state index is 12.3. The molecule has 5 nitrogen and oxygen atoms in total. The second-order valence-corrected chi connectivity index (χ2v) is 9.43. The van der Waals surface area contributed by atoms with E-state index in [9.17, 15) is 9.59 Å². The molecule has 0 fully saturated rings. The van der Waals surface area contributed by atoms with Gasteiger partial charge in [0.05, 0.1) is 6.61 Å². The number of rotatable bonds is 18. The van der Waals surface area contributed by atoms with Crippen molar-refractivity contribution in [3.63, 3.8) is 0 Å². The third kappa shape index (κ3) is 11.5. The maximum Gasteiger partial charge on any atom is 0.302 e. The van der Waals surface area contributed by atoms with Crippen LogP contribution in [0.1, 0.15) is 94.2 Å². The molecule has 2 aromatic rings. The summed E-state index contributed by atoms with van der Waals surface area (Å²) >= 11 is 0. The molecule has 1 unspecified atom stereocenters. The van der Waals surface area contributed by atoms with Crippen LogP contribution in [0.2, 0.25) is 6.32 Å². The topological polar surface area (TPSA) is 72.8 Å². The van der Waals surface area contributed by atoms with Gasteiger partial charge in [-0.15, -0.1) is 0 Å². The minimum Gasteiger partial charge on any atom is -0.494 e. The summed E-state index contributed by atoms with van der Waals surface area (Å²) in [5, 5.41) is 8.75. The number of benzene rings is 2. The first-order chi connectivity index (χ1) is 16.9. The van der Waals surface area contributed by atoms with Crippen LogP contribution in [0.3, 0.4) is 0 Å². The summed E-state index contributed by atoms with van der Waals surface area (Å²) in [5.74, 6) is 1.42. The van der Waals surface area contributed by atoms with Crippen molar-refractivity contribution in [2.75, 3.05) is 6.61 Å². The van der Waals surface area contributed by atoms with Crippen LogP contribution in [0.15, 0.2) is 48.5 Å². The molecule has 35 heavy (non-hydrogen) atoms. The molecule has 0 aliphatic rings. The van der Waals surface area contributed by atoms with Gasteiger partial charge in [0, 0.05) is 12.0 Å². The van der Waals surface area contributed by atoms with E-state index in [-0.39, 0.29) is 24.5 Å². The van der Waals surface area contributed by atoms with Crippen LogP contribution in [0.4, 0.5) is 0 Å². The molecular formula is C29H40BO5. The summed E-state index contributed by atoms with van der Waals surface area (Å²) in [7, 11) is 1.44. The molecular weight excluding hydrogens is 439 g/mol. The number of carboxylic acid groups (broad SMARTS) is 1. The first-order valence-corrected chi connectivity index (χ1v) is 13.0. The van der Waals surface area contributed by atoms with E-state index in [0.29, 0.717) is 11.5 Å². The Morgan fingerprint density at radius 3 is 2.20 bits per heavy atom. The number of unbranched alkanes of at least 4 members (excludes halogenated alkanes) is 3. The Labute approximate surface area is 211 Å². The van der Waals surface area contributed by atoms with E-state index in [4.69, 9.17) is 14.6 Å². The molecule has 0 heterocycles. The number of carbonyl (C=O) groups is 2. The maximum atomic E-state index is 12.3. The van der Waals surface area contributed by atoms with Crippen molar-refractivity contribution in [3.8, 4) is 11.5 Å². The van der Waals surface area contributed by atoms with Gasteiger partial charge in [-0.1, -0.05) is 70.6 Å². The summed E-state index contributed by atoms with van der Waals surface area (Å²) in [6.45, 7) is 7.36. The molecule has 0 bridgehead atoms. The first kappa shape index (κ1) is 28.5. The Morgan fingerprint density at radius 1 is 0.886 bits per heavy atom. The van der Waals surface area contributed by atoms with Gasteiger partial charge >= 0.3 is 5.97 Å². The third-order valence-corrected chi connectivity index (χ3v) is 5.87. The van der Waals surface area contributed by atoms with Crippen molar-refractivity contribution < 1.29 is 24.2 Å². The highest BCUT2D eigenvalue weighted by Gasteiger charge is 2.15. The lowest BCUT2D eigenvalue weighted by Crippen LogP contribution is -2.12. The first-order valence-electron chi connectivity index (χ1n) is 13.0. The molecule has 0 saturated heterocycles. The molecule has 0 aliphatic heterocycles. The Hall–Kier alpha value is -2.76. The lowest BCUT2D eigenvalue weighted by atomic mass is 9.66. The molecule has 1 atom stereocenters. The van der Waals surface area contributed by atoms with Gasteiger partial charge in [-0.3, -0.25) is 4.79 Å². The molecule has 0 aliphatic carbocycles. The minimum atomic E-state index is -0.904. The SMILES string of the molecule is CCCCCCC(Oc1ccc(OCCCC(C)C)cc1)c1ccc(C(=O)[B]CCC(=O)O)cc1. The molecule has 0 saturated carbocycles. The molecule has 0 amide bonds. The molecule has 1 radical (unpaired) electrons. The number of hydrogen-bond donors (Lipinski definition) is 1. The van der Waals surface area contributed by atoms with Gasteiger partial charge in [0.2, 0.25) is 7.28 Å². The summed E-state index contributed by atoms with van der Waals surface area (Å²) in [4.78, 5) is 23.0. The van der Waals surface area contributed by atoms with Gasteiger partial charge in [0.25, 0.3) is 0 Å². The Balaban J connectivity index is 1.99. The van der Waals surface area contributed by atoms with Crippen LogP contribution in [-0.2, 0) is 4.79 Å². The lowest BCUT2D eigenvalue weighted by molar-refractivity contribution is -0.136. The largest absolute Gasteiger partial charge is 0.494 e. The fraction of sp³-hybridized carbons (Fsp3) is 0.517. The summed E-state index contributed by atoms with van der Waals surface area (Å²) in [6, 6.07) is 15.3. The normalized spacial score (nSPS) is 11.8. The van der Waals surface area contributed by atoms with Crippen LogP contribution >= 0.6 is 0 Å². The van der Waals surface area contributed by atoms with Crippen LogP contribution in [-0.4, -0.2) is 30.6 Å². The number of carboxylic acids is 1. The quantitative estimate of drug-likeness (QED) is 0.179. The Morgan fingerprint density at radius 2 is 1.57 bits per heavy atom. The smallest absolute Gasteiger partial charge is 0.302 e. The van der Waals surface area contributed by atoms with E-state index in [1.54, 1.807) is 12.1 Å². The second kappa shape index (κ2) is 16.0. The van der Waals surface area contributed by atoms with Crippen molar-refractivity contribution in [2.24, 2.45) is 5.92 Å². The number of carbonyl (C=O) groups excluding carboxylic acids is 1. The van der Waals surface area contributed by atoms with E-state index in [2.05, 4.69) is 20.8 Å². The van der Waals surface area contributed by atoms with Gasteiger partial charge in [0.15, 0.2) is 0 Å². The standard InChI is InChI=1S/C29H40BO5/c1-4-5-6-7-10-27(23-11-13-24(14-12-23)29(33)30-20-19-28(31)32)35-26-17-15-25(16-18-26)34-21-8-9-22(2)3/h11-18,22,27H,4-10,19-21H2,1-3H3,(H,31,32). The molecule has 189 valence electrons. The molecule has 1 N–H and O–H groups in total. The van der Waals surface area contributed by atoms with E-state index in [1.807, 2.05) is 36.4 Å². The van der Waals surface area contributed by atoms with Gasteiger partial charge in [-0.25, -0.2) is 0 Å². The number of hydrogen-bond acceptors (Lipinski definition) is 4. The molecule has 2 rings (SSSR count). The zero-order valence-corrected chi connectivity index (χ0v) is 21.5. The van der Waals surface area contributed by atoms with Gasteiger partial charge in [-0.2, -0.15) is 0 Å². The van der Waals surface area contributed by atoms with Gasteiger partial charge < -0.3 is 19.4 Å². The highest BCUT2D eigenvalue weighted by molar-refractivity contribution is 6.77. The van der Waals surface area contributed by atoms with E-state index >= 15 is 0 Å². The monoisotopic (exact) mass is 479 g/mol. The van der Waals surface area contributed by atoms with Gasteiger partial charge in [0.1, 0.15) is 23.3 Å². The van der Waals surface area contributed by atoms with Crippen LogP contribution in [0.25, 0.3) is 0 Å². The average Bonchev–Trinajstić information content (AvgIpc) is 2.84. The van der Waals surface area contributed by atoms with Crippen molar-refractivity contribution in [1.82, 2.24) is 0 Å². The Kier molecular flexibility index (Phi) is 13.0. The number of aliphatic carboxylic acids is 1. The minimum absolute atomic E-state index is 0.0424. The van der Waals surface area contributed by atoms with E-state index in [0.717, 1.165) is 55.8 Å². The third-order valence-electron chi connectivity index (χ3n) is 5.87. The van der Waals surface area contributed by atoms with Gasteiger partial charge in [-0.05, 0) is 61.4 Å². The summed E-state index contributed by atoms with van der Waals surface area (Å²) in [6.07, 6.45) is 7.80. The number of ether oxygens (including phenoxy) is 2. The average molecular weight is 479 g/mol. The Bertz CT molecular complexity index is 877. The zero-order chi connectivity index (χ0) is 25.5. The predicted octanol–water partition coefficient (Wildman–Crippen LogP) is 7.33. The van der Waals surface area contributed by atoms with E-state index < -0.39 is 5.97 Å².